The van der Waals surface area contributed by atoms with Gasteiger partial charge in [-0.2, -0.15) is 5.10 Å². The summed E-state index contributed by atoms with van der Waals surface area (Å²) < 4.78 is 5.22. The molecule has 0 radical (unpaired) electrons. The number of rotatable bonds is 5. The molecule has 6 nitrogen and oxygen atoms in total. The molecule has 0 fully saturated rings. The van der Waals surface area contributed by atoms with Crippen LogP contribution < -0.4 is 10.6 Å². The number of aromatic nitrogens is 2. The van der Waals surface area contributed by atoms with Gasteiger partial charge in [-0.05, 0) is 25.1 Å². The third-order valence-electron chi connectivity index (χ3n) is 2.46. The van der Waals surface area contributed by atoms with Gasteiger partial charge in [0.1, 0.15) is 5.76 Å². The number of nitrogens with one attached hydrogen (secondary N) is 3. The highest BCUT2D eigenvalue weighted by Gasteiger charge is 2.09. The Morgan fingerprint density at radius 2 is 2.44 bits per heavy atom. The van der Waals surface area contributed by atoms with Gasteiger partial charge < -0.3 is 15.1 Å². The van der Waals surface area contributed by atoms with Crippen molar-refractivity contribution in [3.8, 4) is 0 Å². The topological polar surface area (TPSA) is 82.9 Å². The maximum Gasteiger partial charge on any atom is 0.315 e. The van der Waals surface area contributed by atoms with Gasteiger partial charge in [0.15, 0.2) is 0 Å². The molecule has 6 heteroatoms. The summed E-state index contributed by atoms with van der Waals surface area (Å²) in [6, 6.07) is 5.34. The molecule has 2 aromatic rings. The maximum absolute atomic E-state index is 11.6. The lowest BCUT2D eigenvalue weighted by Gasteiger charge is -2.13. The minimum absolute atomic E-state index is 0.0120. The fraction of sp³-hybridized carbons (Fsp3) is 0.333. The molecule has 0 saturated heterocycles. The van der Waals surface area contributed by atoms with Crippen LogP contribution in [0.25, 0.3) is 0 Å². The van der Waals surface area contributed by atoms with Gasteiger partial charge in [0.2, 0.25) is 0 Å². The van der Waals surface area contributed by atoms with Crippen molar-refractivity contribution in [2.75, 3.05) is 0 Å². The van der Waals surface area contributed by atoms with Gasteiger partial charge in [0, 0.05) is 18.7 Å². The van der Waals surface area contributed by atoms with Crippen LogP contribution in [0.4, 0.5) is 4.79 Å². The smallest absolute Gasteiger partial charge is 0.315 e. The van der Waals surface area contributed by atoms with E-state index in [4.69, 9.17) is 4.42 Å². The van der Waals surface area contributed by atoms with E-state index in [1.165, 1.54) is 0 Å². The summed E-state index contributed by atoms with van der Waals surface area (Å²) in [5.74, 6) is 0.858. The zero-order valence-corrected chi connectivity index (χ0v) is 10.1. The molecular formula is C12H16N4O2. The number of H-pyrrole nitrogens is 1. The first-order valence-electron chi connectivity index (χ1n) is 5.79. The third-order valence-corrected chi connectivity index (χ3v) is 2.46. The van der Waals surface area contributed by atoms with Gasteiger partial charge in [-0.25, -0.2) is 4.79 Å². The lowest BCUT2D eigenvalue weighted by molar-refractivity contribution is 0.237. The third kappa shape index (κ3) is 3.65. The summed E-state index contributed by atoms with van der Waals surface area (Å²) in [5.41, 5.74) is 0.865. The zero-order valence-electron chi connectivity index (χ0n) is 10.1. The highest BCUT2D eigenvalue weighted by Crippen LogP contribution is 2.03. The van der Waals surface area contributed by atoms with E-state index in [2.05, 4.69) is 20.8 Å². The van der Waals surface area contributed by atoms with Crippen LogP contribution in [0.1, 0.15) is 18.4 Å². The monoisotopic (exact) mass is 248 g/mol. The van der Waals surface area contributed by atoms with Gasteiger partial charge in [0.05, 0.1) is 18.5 Å². The van der Waals surface area contributed by atoms with Crippen molar-refractivity contribution < 1.29 is 9.21 Å². The average Bonchev–Trinajstić information content (AvgIpc) is 2.98. The Kier molecular flexibility index (Phi) is 4.01. The number of carbonyl (C=O) groups is 1. The Bertz CT molecular complexity index is 464. The summed E-state index contributed by atoms with van der Waals surface area (Å²) in [7, 11) is 0. The molecule has 1 atom stereocenters. The Morgan fingerprint density at radius 1 is 1.56 bits per heavy atom. The molecular weight excluding hydrogens is 232 g/mol. The van der Waals surface area contributed by atoms with Crippen LogP contribution >= 0.6 is 0 Å². The van der Waals surface area contributed by atoms with Crippen molar-refractivity contribution in [3.05, 3.63) is 42.1 Å². The minimum Gasteiger partial charge on any atom is -0.469 e. The quantitative estimate of drug-likeness (QED) is 0.748. The van der Waals surface area contributed by atoms with E-state index in [9.17, 15) is 4.79 Å². The molecule has 0 aliphatic rings. The molecule has 0 aliphatic carbocycles. The number of urea groups is 1. The minimum atomic E-state index is -0.205. The summed E-state index contributed by atoms with van der Waals surface area (Å²) in [4.78, 5) is 11.6. The standard InChI is InChI=1S/C12H16N4O2/c1-9(7-11-3-2-6-18-11)15-12(17)13-8-10-4-5-14-16-10/h2-6,9H,7-8H2,1H3,(H,14,16)(H2,13,15,17). The van der Waals surface area contributed by atoms with E-state index < -0.39 is 0 Å². The van der Waals surface area contributed by atoms with Crippen molar-refractivity contribution in [3.63, 3.8) is 0 Å². The number of nitrogens with zero attached hydrogens (tertiary/aromatic N) is 1. The predicted octanol–water partition coefficient (Wildman–Crippen LogP) is 1.43. The molecule has 3 N–H and O–H groups in total. The van der Waals surface area contributed by atoms with E-state index in [-0.39, 0.29) is 12.1 Å². The lowest BCUT2D eigenvalue weighted by Crippen LogP contribution is -2.41. The highest BCUT2D eigenvalue weighted by atomic mass is 16.3. The van der Waals surface area contributed by atoms with Crippen molar-refractivity contribution in [2.24, 2.45) is 0 Å². The predicted molar refractivity (Wildman–Crippen MR) is 65.8 cm³/mol. The lowest BCUT2D eigenvalue weighted by atomic mass is 10.2. The van der Waals surface area contributed by atoms with Crippen LogP contribution in [0.5, 0.6) is 0 Å². The summed E-state index contributed by atoms with van der Waals surface area (Å²) in [6.07, 6.45) is 3.94. The van der Waals surface area contributed by atoms with Crippen LogP contribution in [0.3, 0.4) is 0 Å². The first kappa shape index (κ1) is 12.2. The van der Waals surface area contributed by atoms with E-state index in [0.717, 1.165) is 11.5 Å². The van der Waals surface area contributed by atoms with Crippen LogP contribution in [-0.2, 0) is 13.0 Å². The molecule has 2 amide bonds. The first-order valence-corrected chi connectivity index (χ1v) is 5.79. The fourth-order valence-corrected chi connectivity index (χ4v) is 1.62. The summed E-state index contributed by atoms with van der Waals surface area (Å²) in [5, 5.41) is 12.2. The number of hydrogen-bond donors (Lipinski definition) is 3. The Labute approximate surface area is 105 Å². The van der Waals surface area contributed by atoms with Crippen molar-refractivity contribution >= 4 is 6.03 Å². The van der Waals surface area contributed by atoms with Crippen molar-refractivity contribution in [2.45, 2.75) is 25.9 Å². The van der Waals surface area contributed by atoms with Crippen molar-refractivity contribution in [1.82, 2.24) is 20.8 Å². The van der Waals surface area contributed by atoms with Crippen LogP contribution in [-0.4, -0.2) is 22.3 Å². The molecule has 0 bridgehead atoms. The second kappa shape index (κ2) is 5.90. The molecule has 0 aliphatic heterocycles. The number of amides is 2. The number of furan rings is 1. The fourth-order valence-electron chi connectivity index (χ4n) is 1.62. The molecule has 18 heavy (non-hydrogen) atoms. The highest BCUT2D eigenvalue weighted by molar-refractivity contribution is 5.74. The molecule has 0 spiro atoms. The molecule has 0 saturated carbocycles. The second-order valence-corrected chi connectivity index (χ2v) is 4.09. The first-order chi connectivity index (χ1) is 8.74. The Balaban J connectivity index is 1.70. The van der Waals surface area contributed by atoms with Crippen molar-refractivity contribution in [1.29, 1.82) is 0 Å². The Morgan fingerprint density at radius 3 is 3.11 bits per heavy atom. The molecule has 2 rings (SSSR count). The van der Waals surface area contributed by atoms with Gasteiger partial charge in [-0.3, -0.25) is 5.10 Å². The maximum atomic E-state index is 11.6. The normalized spacial score (nSPS) is 12.1. The zero-order chi connectivity index (χ0) is 12.8. The molecule has 0 aromatic carbocycles. The molecule has 1 unspecified atom stereocenters. The molecule has 2 heterocycles. The number of hydrogen-bond acceptors (Lipinski definition) is 3. The van der Waals surface area contributed by atoms with E-state index in [0.29, 0.717) is 13.0 Å². The number of carbonyl (C=O) groups excluding carboxylic acids is 1. The van der Waals surface area contributed by atoms with E-state index in [1.807, 2.05) is 25.1 Å². The van der Waals surface area contributed by atoms with Gasteiger partial charge >= 0.3 is 6.03 Å². The SMILES string of the molecule is CC(Cc1ccco1)NC(=O)NCc1ccn[nH]1. The van der Waals surface area contributed by atoms with Gasteiger partial charge in [0.25, 0.3) is 0 Å². The summed E-state index contributed by atoms with van der Waals surface area (Å²) >= 11 is 0. The van der Waals surface area contributed by atoms with Gasteiger partial charge in [-0.15, -0.1) is 0 Å². The summed E-state index contributed by atoms with van der Waals surface area (Å²) in [6.45, 7) is 2.36. The van der Waals surface area contributed by atoms with Crippen LogP contribution in [0.15, 0.2) is 35.1 Å². The molecule has 2 aromatic heterocycles. The molecule has 96 valence electrons. The van der Waals surface area contributed by atoms with E-state index >= 15 is 0 Å². The number of aromatic amines is 1. The largest absolute Gasteiger partial charge is 0.469 e. The Hall–Kier alpha value is -2.24. The van der Waals surface area contributed by atoms with Crippen LogP contribution in [0.2, 0.25) is 0 Å². The van der Waals surface area contributed by atoms with Crippen LogP contribution in [0, 0.1) is 0 Å². The van der Waals surface area contributed by atoms with E-state index in [1.54, 1.807) is 12.5 Å². The van der Waals surface area contributed by atoms with Gasteiger partial charge in [-0.1, -0.05) is 0 Å². The average molecular weight is 248 g/mol. The second-order valence-electron chi connectivity index (χ2n) is 4.09.